The van der Waals surface area contributed by atoms with Crippen LogP contribution in [0.5, 0.6) is 0 Å². The molecule has 0 unspecified atom stereocenters. The molecule has 1 aromatic carbocycles. The first-order valence-corrected chi connectivity index (χ1v) is 9.64. The van der Waals surface area contributed by atoms with E-state index in [1.807, 2.05) is 0 Å². The number of hydrogen-bond donors (Lipinski definition) is 1. The summed E-state index contributed by atoms with van der Waals surface area (Å²) in [5.74, 6) is -0.558. The van der Waals surface area contributed by atoms with Crippen molar-refractivity contribution in [1.82, 2.24) is 9.47 Å². The smallest absolute Gasteiger partial charge is 0.265 e. The third kappa shape index (κ3) is 2.87. The van der Waals surface area contributed by atoms with Crippen LogP contribution in [0.1, 0.15) is 16.1 Å². The number of carbonyl (C=O) groups excluding carboxylic acids is 1. The zero-order valence-electron chi connectivity index (χ0n) is 13.5. The standard InChI is InChI=1S/C18H14BrFN2O3S/c19-15-13-5-6-14(24)22(11-3-1-10(20)2-4-11)18(13)26-16(15)17(25)21-8-7-12(23)9-21/h1-6,12,23H,7-9H2/t12-/m0/s1. The molecule has 2 aromatic heterocycles. The Morgan fingerprint density at radius 3 is 2.62 bits per heavy atom. The van der Waals surface area contributed by atoms with Gasteiger partial charge in [0.1, 0.15) is 15.5 Å². The summed E-state index contributed by atoms with van der Waals surface area (Å²) in [5.41, 5.74) is 0.278. The first-order chi connectivity index (χ1) is 12.5. The number of aromatic nitrogens is 1. The molecule has 8 heteroatoms. The van der Waals surface area contributed by atoms with E-state index in [2.05, 4.69) is 15.9 Å². The molecule has 26 heavy (non-hydrogen) atoms. The van der Waals surface area contributed by atoms with E-state index in [1.54, 1.807) is 11.0 Å². The van der Waals surface area contributed by atoms with Gasteiger partial charge in [0, 0.05) is 24.5 Å². The molecular weight excluding hydrogens is 423 g/mol. The third-order valence-electron chi connectivity index (χ3n) is 4.41. The van der Waals surface area contributed by atoms with Gasteiger partial charge >= 0.3 is 0 Å². The fourth-order valence-electron chi connectivity index (χ4n) is 3.09. The van der Waals surface area contributed by atoms with Crippen molar-refractivity contribution in [1.29, 1.82) is 0 Å². The Balaban J connectivity index is 1.87. The molecule has 0 aliphatic carbocycles. The molecule has 1 aliphatic heterocycles. The number of aliphatic hydroxyl groups is 1. The lowest BCUT2D eigenvalue weighted by Gasteiger charge is -2.14. The Morgan fingerprint density at radius 1 is 1.23 bits per heavy atom. The summed E-state index contributed by atoms with van der Waals surface area (Å²) in [7, 11) is 0. The van der Waals surface area contributed by atoms with Gasteiger partial charge in [-0.25, -0.2) is 4.39 Å². The van der Waals surface area contributed by atoms with Gasteiger partial charge in [-0.1, -0.05) is 0 Å². The zero-order chi connectivity index (χ0) is 18.4. The number of benzene rings is 1. The van der Waals surface area contributed by atoms with Crippen molar-refractivity contribution in [2.45, 2.75) is 12.5 Å². The van der Waals surface area contributed by atoms with Crippen molar-refractivity contribution in [3.8, 4) is 5.69 Å². The van der Waals surface area contributed by atoms with Crippen molar-refractivity contribution in [2.24, 2.45) is 0 Å². The number of aliphatic hydroxyl groups excluding tert-OH is 1. The number of hydrogen-bond acceptors (Lipinski definition) is 4. The van der Waals surface area contributed by atoms with Gasteiger partial charge < -0.3 is 10.0 Å². The van der Waals surface area contributed by atoms with Gasteiger partial charge in [0.25, 0.3) is 11.5 Å². The van der Waals surface area contributed by atoms with Crippen molar-refractivity contribution in [3.05, 3.63) is 61.9 Å². The Hall–Kier alpha value is -2.03. The van der Waals surface area contributed by atoms with E-state index in [1.165, 1.54) is 46.2 Å². The van der Waals surface area contributed by atoms with Gasteiger partial charge in [-0.05, 0) is 52.7 Å². The maximum absolute atomic E-state index is 13.2. The van der Waals surface area contributed by atoms with E-state index in [9.17, 15) is 19.1 Å². The van der Waals surface area contributed by atoms with E-state index < -0.39 is 6.10 Å². The van der Waals surface area contributed by atoms with Crippen LogP contribution in [-0.2, 0) is 0 Å². The Kier molecular flexibility index (Phi) is 4.42. The number of halogens is 2. The summed E-state index contributed by atoms with van der Waals surface area (Å²) in [5, 5.41) is 10.4. The Bertz CT molecular complexity index is 1060. The predicted octanol–water partition coefficient (Wildman–Crippen LogP) is 3.16. The van der Waals surface area contributed by atoms with Crippen LogP contribution in [0.4, 0.5) is 4.39 Å². The van der Waals surface area contributed by atoms with E-state index >= 15 is 0 Å². The first kappa shape index (κ1) is 17.4. The van der Waals surface area contributed by atoms with Crippen LogP contribution in [0.25, 0.3) is 15.9 Å². The van der Waals surface area contributed by atoms with Crippen molar-refractivity contribution < 1.29 is 14.3 Å². The van der Waals surface area contributed by atoms with Crippen LogP contribution in [0, 0.1) is 5.82 Å². The van der Waals surface area contributed by atoms with Gasteiger partial charge in [0.05, 0.1) is 16.3 Å². The second kappa shape index (κ2) is 6.61. The molecule has 0 radical (unpaired) electrons. The number of thiophene rings is 1. The molecular formula is C18H14BrFN2O3S. The number of likely N-dealkylation sites (tertiary alicyclic amines) is 1. The molecule has 1 saturated heterocycles. The van der Waals surface area contributed by atoms with Gasteiger partial charge in [0.2, 0.25) is 0 Å². The molecule has 1 amide bonds. The molecule has 1 N–H and O–H groups in total. The van der Waals surface area contributed by atoms with Crippen molar-refractivity contribution >= 4 is 43.4 Å². The molecule has 1 aliphatic rings. The number of carbonyl (C=O) groups is 1. The lowest BCUT2D eigenvalue weighted by Crippen LogP contribution is -2.29. The van der Waals surface area contributed by atoms with Gasteiger partial charge in [0.15, 0.2) is 0 Å². The molecule has 0 bridgehead atoms. The second-order valence-electron chi connectivity index (χ2n) is 6.14. The Morgan fingerprint density at radius 2 is 1.96 bits per heavy atom. The molecule has 134 valence electrons. The topological polar surface area (TPSA) is 62.5 Å². The van der Waals surface area contributed by atoms with Gasteiger partial charge in [-0.2, -0.15) is 0 Å². The van der Waals surface area contributed by atoms with Crippen molar-refractivity contribution in [2.75, 3.05) is 13.1 Å². The minimum Gasteiger partial charge on any atom is -0.391 e. The largest absolute Gasteiger partial charge is 0.391 e. The summed E-state index contributed by atoms with van der Waals surface area (Å²) in [6.07, 6.45) is 0.0682. The molecule has 5 nitrogen and oxygen atoms in total. The molecule has 1 fully saturated rings. The quantitative estimate of drug-likeness (QED) is 0.670. The minimum atomic E-state index is -0.496. The SMILES string of the molecule is O=C(c1sc2c(ccc(=O)n2-c2ccc(F)cc2)c1Br)N1CC[C@H](O)C1. The fourth-order valence-corrected chi connectivity index (χ4v) is 5.13. The van der Waals surface area contributed by atoms with E-state index in [-0.39, 0.29) is 17.3 Å². The highest BCUT2D eigenvalue weighted by Gasteiger charge is 2.29. The van der Waals surface area contributed by atoms with Crippen LogP contribution >= 0.6 is 27.3 Å². The molecule has 1 atom stereocenters. The van der Waals surface area contributed by atoms with Crippen LogP contribution < -0.4 is 5.56 Å². The molecule has 3 heterocycles. The van der Waals surface area contributed by atoms with Crippen LogP contribution in [0.3, 0.4) is 0 Å². The number of rotatable bonds is 2. The maximum Gasteiger partial charge on any atom is 0.265 e. The summed E-state index contributed by atoms with van der Waals surface area (Å²) in [6, 6.07) is 8.75. The predicted molar refractivity (Wildman–Crippen MR) is 102 cm³/mol. The van der Waals surface area contributed by atoms with Crippen LogP contribution in [-0.4, -0.2) is 39.7 Å². The van der Waals surface area contributed by atoms with Crippen molar-refractivity contribution in [3.63, 3.8) is 0 Å². The third-order valence-corrected chi connectivity index (χ3v) is 6.68. The van der Waals surface area contributed by atoms with E-state index in [0.29, 0.717) is 39.4 Å². The highest BCUT2D eigenvalue weighted by atomic mass is 79.9. The molecule has 3 aromatic rings. The van der Waals surface area contributed by atoms with Gasteiger partial charge in [-0.15, -0.1) is 11.3 Å². The Labute approximate surface area is 160 Å². The lowest BCUT2D eigenvalue weighted by atomic mass is 10.2. The second-order valence-corrected chi connectivity index (χ2v) is 7.93. The first-order valence-electron chi connectivity index (χ1n) is 8.03. The number of pyridine rings is 1. The number of fused-ring (bicyclic) bond motifs is 1. The monoisotopic (exact) mass is 436 g/mol. The molecule has 0 saturated carbocycles. The van der Waals surface area contributed by atoms with Crippen LogP contribution in [0.15, 0.2) is 45.7 Å². The van der Waals surface area contributed by atoms with Crippen LogP contribution in [0.2, 0.25) is 0 Å². The normalized spacial score (nSPS) is 17.2. The van der Waals surface area contributed by atoms with Gasteiger partial charge in [-0.3, -0.25) is 14.2 Å². The van der Waals surface area contributed by atoms with E-state index in [0.717, 1.165) is 5.39 Å². The maximum atomic E-state index is 13.2. The number of β-amino-alcohol motifs (C(OH)–C–C–N with tert-alkyl or cyclic N) is 1. The summed E-state index contributed by atoms with van der Waals surface area (Å²) in [6.45, 7) is 0.815. The lowest BCUT2D eigenvalue weighted by molar-refractivity contribution is 0.0769. The average Bonchev–Trinajstić information content (AvgIpc) is 3.19. The molecule has 4 rings (SSSR count). The minimum absolute atomic E-state index is 0.173. The summed E-state index contributed by atoms with van der Waals surface area (Å²) >= 11 is 4.69. The fraction of sp³-hybridized carbons (Fsp3) is 0.222. The zero-order valence-corrected chi connectivity index (χ0v) is 15.9. The summed E-state index contributed by atoms with van der Waals surface area (Å²) in [4.78, 5) is 28.0. The summed E-state index contributed by atoms with van der Waals surface area (Å²) < 4.78 is 15.3. The number of amides is 1. The highest BCUT2D eigenvalue weighted by Crippen LogP contribution is 2.37. The van der Waals surface area contributed by atoms with E-state index in [4.69, 9.17) is 0 Å². The highest BCUT2D eigenvalue weighted by molar-refractivity contribution is 9.10. The average molecular weight is 437 g/mol. The molecule has 0 spiro atoms. The number of nitrogens with zero attached hydrogens (tertiary/aromatic N) is 2.